The number of aromatic amines is 2. The van der Waals surface area contributed by atoms with Crippen molar-refractivity contribution in [2.75, 3.05) is 0 Å². The fourth-order valence-electron chi connectivity index (χ4n) is 3.91. The summed E-state index contributed by atoms with van der Waals surface area (Å²) in [6.45, 7) is 3.70. The summed E-state index contributed by atoms with van der Waals surface area (Å²) in [5, 5.41) is 12.5. The SMILES string of the molecule is CCC(C)(NC(=O)c1cc2c(C#N)c(F)ccc2[nH]1)c1nc2c(c(=O)[nH]1)CCCC2. The van der Waals surface area contributed by atoms with Crippen molar-refractivity contribution < 1.29 is 9.18 Å². The number of hydrogen-bond donors (Lipinski definition) is 3. The van der Waals surface area contributed by atoms with Crippen LogP contribution in [0.1, 0.15) is 66.2 Å². The molecule has 8 heteroatoms. The number of carbonyl (C=O) groups is 1. The van der Waals surface area contributed by atoms with Crippen LogP contribution >= 0.6 is 0 Å². The van der Waals surface area contributed by atoms with E-state index in [1.807, 2.05) is 13.0 Å². The number of nitriles is 1. The van der Waals surface area contributed by atoms with Crippen molar-refractivity contribution in [3.63, 3.8) is 0 Å². The lowest BCUT2D eigenvalue weighted by Crippen LogP contribution is -2.46. The molecule has 0 saturated heterocycles. The summed E-state index contributed by atoms with van der Waals surface area (Å²) in [6, 6.07) is 5.98. The van der Waals surface area contributed by atoms with Crippen molar-refractivity contribution in [1.29, 1.82) is 5.26 Å². The number of rotatable bonds is 4. The first-order valence-corrected chi connectivity index (χ1v) is 10.0. The van der Waals surface area contributed by atoms with Crippen LogP contribution in [0.25, 0.3) is 10.9 Å². The van der Waals surface area contributed by atoms with Crippen molar-refractivity contribution in [1.82, 2.24) is 20.3 Å². The molecule has 0 spiro atoms. The number of benzene rings is 1. The second-order valence-electron chi connectivity index (χ2n) is 7.87. The third-order valence-electron chi connectivity index (χ3n) is 5.92. The number of halogens is 1. The smallest absolute Gasteiger partial charge is 0.268 e. The van der Waals surface area contributed by atoms with Gasteiger partial charge in [-0.25, -0.2) is 9.37 Å². The standard InChI is InChI=1S/C22H22FN5O2/c1-3-22(2,21-26-16-7-5-4-6-12(16)19(29)27-21)28-20(30)18-10-13-14(11-24)15(23)8-9-17(13)25-18/h8-10,25H,3-7H2,1-2H3,(H,28,30)(H,26,27,29). The summed E-state index contributed by atoms with van der Waals surface area (Å²) < 4.78 is 13.9. The normalized spacial score (nSPS) is 15.3. The zero-order valence-electron chi connectivity index (χ0n) is 16.9. The molecule has 2 heterocycles. The summed E-state index contributed by atoms with van der Waals surface area (Å²) >= 11 is 0. The summed E-state index contributed by atoms with van der Waals surface area (Å²) in [5.41, 5.74) is 1.07. The van der Waals surface area contributed by atoms with Gasteiger partial charge in [0.2, 0.25) is 0 Å². The minimum atomic E-state index is -0.899. The zero-order chi connectivity index (χ0) is 21.5. The van der Waals surface area contributed by atoms with Gasteiger partial charge in [-0.3, -0.25) is 9.59 Å². The molecule has 1 aromatic carbocycles. The minimum Gasteiger partial charge on any atom is -0.350 e. The van der Waals surface area contributed by atoms with Gasteiger partial charge in [-0.2, -0.15) is 5.26 Å². The average molecular weight is 407 g/mol. The van der Waals surface area contributed by atoms with E-state index in [1.54, 1.807) is 6.92 Å². The molecule has 0 fully saturated rings. The summed E-state index contributed by atoms with van der Waals surface area (Å²) in [4.78, 5) is 36.0. The van der Waals surface area contributed by atoms with Gasteiger partial charge in [-0.1, -0.05) is 6.92 Å². The topological polar surface area (TPSA) is 114 Å². The van der Waals surface area contributed by atoms with Gasteiger partial charge in [0.15, 0.2) is 0 Å². The first-order chi connectivity index (χ1) is 14.4. The van der Waals surface area contributed by atoms with Crippen molar-refractivity contribution in [3.8, 4) is 6.07 Å². The van der Waals surface area contributed by atoms with E-state index in [4.69, 9.17) is 0 Å². The maximum absolute atomic E-state index is 13.9. The van der Waals surface area contributed by atoms with E-state index < -0.39 is 17.3 Å². The quantitative estimate of drug-likeness (QED) is 0.616. The fourth-order valence-corrected chi connectivity index (χ4v) is 3.91. The van der Waals surface area contributed by atoms with Crippen molar-refractivity contribution in [2.45, 2.75) is 51.5 Å². The number of carbonyl (C=O) groups excluding carboxylic acids is 1. The predicted molar refractivity (Wildman–Crippen MR) is 110 cm³/mol. The molecule has 1 aliphatic carbocycles. The number of H-pyrrole nitrogens is 2. The first-order valence-electron chi connectivity index (χ1n) is 10.0. The molecule has 1 amide bonds. The number of amides is 1. The second-order valence-corrected chi connectivity index (χ2v) is 7.87. The van der Waals surface area contributed by atoms with E-state index in [2.05, 4.69) is 20.3 Å². The van der Waals surface area contributed by atoms with Crippen LogP contribution in [0.4, 0.5) is 4.39 Å². The zero-order valence-corrected chi connectivity index (χ0v) is 16.9. The minimum absolute atomic E-state index is 0.110. The van der Waals surface area contributed by atoms with Crippen LogP contribution in [0.2, 0.25) is 0 Å². The molecule has 1 aliphatic rings. The van der Waals surface area contributed by atoms with Gasteiger partial charge in [0.25, 0.3) is 11.5 Å². The number of fused-ring (bicyclic) bond motifs is 2. The number of aryl methyl sites for hydroxylation is 1. The Morgan fingerprint density at radius 3 is 2.83 bits per heavy atom. The third-order valence-corrected chi connectivity index (χ3v) is 5.92. The predicted octanol–water partition coefficient (Wildman–Crippen LogP) is 3.20. The summed E-state index contributed by atoms with van der Waals surface area (Å²) in [5.74, 6) is -0.644. The number of nitrogens with one attached hydrogen (secondary N) is 3. The van der Waals surface area contributed by atoms with Crippen LogP contribution in [0.3, 0.4) is 0 Å². The molecule has 30 heavy (non-hydrogen) atoms. The average Bonchev–Trinajstić information content (AvgIpc) is 3.18. The molecule has 1 atom stereocenters. The Hall–Kier alpha value is -3.47. The first kappa shape index (κ1) is 19.8. The molecular weight excluding hydrogens is 385 g/mol. The largest absolute Gasteiger partial charge is 0.350 e. The Labute approximate surface area is 172 Å². The molecule has 0 radical (unpaired) electrons. The monoisotopic (exact) mass is 407 g/mol. The number of aromatic nitrogens is 3. The Morgan fingerprint density at radius 2 is 2.10 bits per heavy atom. The molecule has 154 valence electrons. The molecule has 3 aromatic rings. The van der Waals surface area contributed by atoms with Crippen LogP contribution in [0, 0.1) is 17.1 Å². The lowest BCUT2D eigenvalue weighted by atomic mass is 9.94. The lowest BCUT2D eigenvalue weighted by molar-refractivity contribution is 0.0892. The van der Waals surface area contributed by atoms with E-state index >= 15 is 0 Å². The Morgan fingerprint density at radius 1 is 1.33 bits per heavy atom. The Kier molecular flexibility index (Phi) is 4.90. The van der Waals surface area contributed by atoms with E-state index in [1.165, 1.54) is 18.2 Å². The highest BCUT2D eigenvalue weighted by Gasteiger charge is 2.32. The van der Waals surface area contributed by atoms with Gasteiger partial charge in [-0.05, 0) is 57.2 Å². The van der Waals surface area contributed by atoms with Gasteiger partial charge in [0.1, 0.15) is 23.4 Å². The van der Waals surface area contributed by atoms with Crippen LogP contribution in [-0.4, -0.2) is 20.9 Å². The van der Waals surface area contributed by atoms with Gasteiger partial charge in [0, 0.05) is 16.5 Å². The Bertz CT molecular complexity index is 1250. The fraction of sp³-hybridized carbons (Fsp3) is 0.364. The van der Waals surface area contributed by atoms with E-state index in [9.17, 15) is 19.2 Å². The maximum atomic E-state index is 13.9. The number of hydrogen-bond acceptors (Lipinski definition) is 4. The molecule has 4 rings (SSSR count). The van der Waals surface area contributed by atoms with Crippen LogP contribution in [-0.2, 0) is 18.4 Å². The van der Waals surface area contributed by atoms with E-state index in [0.29, 0.717) is 23.1 Å². The molecule has 0 aliphatic heterocycles. The molecule has 1 unspecified atom stereocenters. The summed E-state index contributed by atoms with van der Waals surface area (Å²) in [7, 11) is 0. The highest BCUT2D eigenvalue weighted by atomic mass is 19.1. The molecule has 3 N–H and O–H groups in total. The lowest BCUT2D eigenvalue weighted by Gasteiger charge is -2.29. The molecular formula is C22H22FN5O2. The molecule has 2 aromatic heterocycles. The summed E-state index contributed by atoms with van der Waals surface area (Å²) in [6.07, 6.45) is 3.94. The Balaban J connectivity index is 1.69. The van der Waals surface area contributed by atoms with Crippen molar-refractivity contribution >= 4 is 16.8 Å². The maximum Gasteiger partial charge on any atom is 0.268 e. The van der Waals surface area contributed by atoms with Gasteiger partial charge in [0.05, 0.1) is 16.8 Å². The number of nitrogens with zero attached hydrogens (tertiary/aromatic N) is 2. The third kappa shape index (κ3) is 3.26. The van der Waals surface area contributed by atoms with Crippen LogP contribution in [0.5, 0.6) is 0 Å². The van der Waals surface area contributed by atoms with Gasteiger partial charge in [-0.15, -0.1) is 0 Å². The molecule has 7 nitrogen and oxygen atoms in total. The molecule has 0 saturated carbocycles. The highest BCUT2D eigenvalue weighted by Crippen LogP contribution is 2.26. The van der Waals surface area contributed by atoms with Crippen LogP contribution in [0.15, 0.2) is 23.0 Å². The van der Waals surface area contributed by atoms with Crippen LogP contribution < -0.4 is 10.9 Å². The van der Waals surface area contributed by atoms with Crippen molar-refractivity contribution in [2.24, 2.45) is 0 Å². The van der Waals surface area contributed by atoms with Gasteiger partial charge < -0.3 is 15.3 Å². The molecule has 0 bridgehead atoms. The second kappa shape index (κ2) is 7.41. The van der Waals surface area contributed by atoms with E-state index in [0.717, 1.165) is 36.9 Å². The highest BCUT2D eigenvalue weighted by molar-refractivity contribution is 5.99. The van der Waals surface area contributed by atoms with Crippen molar-refractivity contribution in [3.05, 3.63) is 62.7 Å². The van der Waals surface area contributed by atoms with E-state index in [-0.39, 0.29) is 16.8 Å². The van der Waals surface area contributed by atoms with Gasteiger partial charge >= 0.3 is 0 Å².